The molecule has 0 amide bonds. The largest absolute Gasteiger partial charge is 0.452 e. The maximum absolute atomic E-state index is 6.54. The van der Waals surface area contributed by atoms with Gasteiger partial charge in [0.05, 0.1) is 0 Å². The van der Waals surface area contributed by atoms with Gasteiger partial charge in [-0.2, -0.15) is 0 Å². The third-order valence-electron chi connectivity index (χ3n) is 11.9. The number of hydrogen-bond donors (Lipinski definition) is 0. The van der Waals surface area contributed by atoms with Crippen molar-refractivity contribution < 1.29 is 8.83 Å². The maximum Gasteiger partial charge on any atom is 0.178 e. The molecule has 0 aliphatic carbocycles. The average molecular weight is 739 g/mol. The number of benzene rings is 10. The van der Waals surface area contributed by atoms with Crippen molar-refractivity contribution in [1.29, 1.82) is 0 Å². The molecule has 270 valence electrons. The Bertz CT molecular complexity index is 3550. The third kappa shape index (κ3) is 5.12. The van der Waals surface area contributed by atoms with Crippen LogP contribution in [-0.4, -0.2) is 0 Å². The Hall–Kier alpha value is -7.68. The zero-order valence-corrected chi connectivity index (χ0v) is 31.4. The van der Waals surface area contributed by atoms with Gasteiger partial charge in [0.2, 0.25) is 0 Å². The minimum Gasteiger partial charge on any atom is -0.452 e. The second-order valence-corrected chi connectivity index (χ2v) is 15.2. The Morgan fingerprint density at radius 2 is 0.603 bits per heavy atom. The van der Waals surface area contributed by atoms with E-state index in [0.717, 1.165) is 55.0 Å². The lowest BCUT2D eigenvalue weighted by atomic mass is 9.84. The molecule has 0 aliphatic heterocycles. The van der Waals surface area contributed by atoms with Crippen molar-refractivity contribution >= 4 is 65.4 Å². The number of rotatable bonds is 5. The van der Waals surface area contributed by atoms with E-state index in [4.69, 9.17) is 8.83 Å². The summed E-state index contributed by atoms with van der Waals surface area (Å²) in [7, 11) is 0. The smallest absolute Gasteiger partial charge is 0.178 e. The quantitative estimate of drug-likeness (QED) is 0.164. The molecule has 0 bridgehead atoms. The summed E-state index contributed by atoms with van der Waals surface area (Å²) in [5, 5.41) is 9.17. The summed E-state index contributed by atoms with van der Waals surface area (Å²) in [6.07, 6.45) is 0. The first kappa shape index (κ1) is 32.6. The summed E-state index contributed by atoms with van der Waals surface area (Å²) in [4.78, 5) is 0. The van der Waals surface area contributed by atoms with Gasteiger partial charge in [-0.25, -0.2) is 0 Å². The second kappa shape index (κ2) is 12.9. The number of fused-ring (bicyclic) bond motifs is 9. The van der Waals surface area contributed by atoms with Gasteiger partial charge in [-0.3, -0.25) is 0 Å². The molecule has 0 saturated carbocycles. The lowest BCUT2D eigenvalue weighted by Gasteiger charge is -2.19. The van der Waals surface area contributed by atoms with Crippen LogP contribution >= 0.6 is 0 Å². The van der Waals surface area contributed by atoms with Gasteiger partial charge in [-0.05, 0) is 126 Å². The molecule has 2 heteroatoms. The normalized spacial score (nSPS) is 11.8. The molecule has 0 unspecified atom stereocenters. The van der Waals surface area contributed by atoms with E-state index in [1.165, 1.54) is 66.1 Å². The summed E-state index contributed by atoms with van der Waals surface area (Å²) in [5.74, 6) is 0. The highest BCUT2D eigenvalue weighted by Gasteiger charge is 2.20. The molecule has 0 atom stereocenters. The van der Waals surface area contributed by atoms with Crippen LogP contribution in [0.5, 0.6) is 0 Å². The summed E-state index contributed by atoms with van der Waals surface area (Å²) in [6, 6.07) is 74.3. The van der Waals surface area contributed by atoms with Gasteiger partial charge >= 0.3 is 0 Å². The Labute approximate surface area is 334 Å². The van der Waals surface area contributed by atoms with Gasteiger partial charge < -0.3 is 8.83 Å². The number of furan rings is 2. The molecule has 0 N–H and O–H groups in total. The van der Waals surface area contributed by atoms with E-state index in [1.54, 1.807) is 0 Å². The molecule has 12 rings (SSSR count). The van der Waals surface area contributed by atoms with Crippen molar-refractivity contribution in [1.82, 2.24) is 0 Å². The van der Waals surface area contributed by atoms with Crippen LogP contribution < -0.4 is 0 Å². The van der Waals surface area contributed by atoms with E-state index in [0.29, 0.717) is 0 Å². The third-order valence-corrected chi connectivity index (χ3v) is 11.9. The molecule has 0 saturated heterocycles. The fourth-order valence-electron chi connectivity index (χ4n) is 9.15. The molecule has 0 spiro atoms. The highest BCUT2D eigenvalue weighted by Crippen LogP contribution is 2.47. The van der Waals surface area contributed by atoms with E-state index < -0.39 is 0 Å². The van der Waals surface area contributed by atoms with Crippen LogP contribution in [0.15, 0.2) is 215 Å². The Kier molecular flexibility index (Phi) is 7.26. The molecule has 0 radical (unpaired) electrons. The Morgan fingerprint density at radius 3 is 1.22 bits per heavy atom. The van der Waals surface area contributed by atoms with E-state index in [9.17, 15) is 0 Å². The van der Waals surface area contributed by atoms with Crippen molar-refractivity contribution in [2.24, 2.45) is 0 Å². The van der Waals surface area contributed by atoms with Crippen molar-refractivity contribution in [2.45, 2.75) is 0 Å². The van der Waals surface area contributed by atoms with Gasteiger partial charge in [-0.15, -0.1) is 0 Å². The first-order valence-electron chi connectivity index (χ1n) is 19.8. The molecular formula is C56H34O2. The van der Waals surface area contributed by atoms with E-state index in [2.05, 4.69) is 194 Å². The molecule has 12 aromatic rings. The molecule has 58 heavy (non-hydrogen) atoms. The molecule has 2 heterocycles. The highest BCUT2D eigenvalue weighted by atomic mass is 16.4. The van der Waals surface area contributed by atoms with Gasteiger partial charge in [0.25, 0.3) is 0 Å². The zero-order chi connectivity index (χ0) is 38.2. The summed E-state index contributed by atoms with van der Waals surface area (Å²) in [5.41, 5.74) is 15.2. The van der Waals surface area contributed by atoms with Crippen LogP contribution in [0.3, 0.4) is 0 Å². The molecule has 0 aliphatic rings. The highest BCUT2D eigenvalue weighted by molar-refractivity contribution is 6.23. The summed E-state index contributed by atoms with van der Waals surface area (Å²) in [6.45, 7) is 0. The predicted octanol–water partition coefficient (Wildman–Crippen LogP) is 16.1. The van der Waals surface area contributed by atoms with Crippen LogP contribution in [-0.2, 0) is 0 Å². The number of para-hydroxylation sites is 1. The molecule has 2 nitrogen and oxygen atoms in total. The maximum atomic E-state index is 6.54. The fourth-order valence-corrected chi connectivity index (χ4v) is 9.15. The van der Waals surface area contributed by atoms with Crippen LogP contribution in [0.4, 0.5) is 0 Å². The topological polar surface area (TPSA) is 26.3 Å². The predicted molar refractivity (Wildman–Crippen MR) is 243 cm³/mol. The summed E-state index contributed by atoms with van der Waals surface area (Å²) < 4.78 is 12.9. The van der Waals surface area contributed by atoms with Crippen LogP contribution in [0.1, 0.15) is 0 Å². The van der Waals surface area contributed by atoms with Crippen molar-refractivity contribution in [2.75, 3.05) is 0 Å². The van der Waals surface area contributed by atoms with Crippen molar-refractivity contribution in [3.8, 4) is 55.6 Å². The van der Waals surface area contributed by atoms with E-state index in [1.807, 2.05) is 12.1 Å². The number of hydrogen-bond acceptors (Lipinski definition) is 2. The van der Waals surface area contributed by atoms with Gasteiger partial charge in [0.15, 0.2) is 11.2 Å². The first-order valence-corrected chi connectivity index (χ1v) is 19.8. The van der Waals surface area contributed by atoms with Crippen molar-refractivity contribution in [3.63, 3.8) is 0 Å². The summed E-state index contributed by atoms with van der Waals surface area (Å²) >= 11 is 0. The second-order valence-electron chi connectivity index (χ2n) is 15.2. The SMILES string of the molecule is c1ccc(-c2cccc(-c3c4ccccc4c(-c4cccc(-c5ccccc5)c4)c4cc(-c5ccc6oc7c(ccc8c9ccccc9oc87)c6c5)ccc34)c2)cc1. The monoisotopic (exact) mass is 738 g/mol. The lowest BCUT2D eigenvalue weighted by molar-refractivity contribution is 0.633. The molecule has 10 aromatic carbocycles. The Morgan fingerprint density at radius 1 is 0.207 bits per heavy atom. The lowest BCUT2D eigenvalue weighted by Crippen LogP contribution is -1.92. The van der Waals surface area contributed by atoms with Gasteiger partial charge in [0.1, 0.15) is 11.2 Å². The average Bonchev–Trinajstić information content (AvgIpc) is 3.87. The Balaban J connectivity index is 1.11. The minimum atomic E-state index is 0.786. The first-order chi connectivity index (χ1) is 28.7. The van der Waals surface area contributed by atoms with Crippen LogP contribution in [0, 0.1) is 0 Å². The molecule has 0 fully saturated rings. The van der Waals surface area contributed by atoms with Gasteiger partial charge in [0, 0.05) is 21.5 Å². The van der Waals surface area contributed by atoms with Crippen molar-refractivity contribution in [3.05, 3.63) is 206 Å². The van der Waals surface area contributed by atoms with Crippen LogP contribution in [0.2, 0.25) is 0 Å². The molecular weight excluding hydrogens is 705 g/mol. The zero-order valence-electron chi connectivity index (χ0n) is 31.4. The van der Waals surface area contributed by atoms with E-state index in [-0.39, 0.29) is 0 Å². The van der Waals surface area contributed by atoms with Crippen LogP contribution in [0.25, 0.3) is 121 Å². The molecule has 2 aromatic heterocycles. The standard InChI is InChI=1S/C56H34O2/c1-3-13-35(14-4-1)37-17-11-19-41(31-37)53-44-22-7-8-23-45(44)54(42-20-12-18-38(32-42)36-15-5-2-6-16-36)50-34-39(25-27-46(50)53)40-26-30-52-49(33-40)48-29-28-47-43-21-9-10-24-51(43)57-55(47)56(48)58-52/h1-34H. The fraction of sp³-hybridized carbons (Fsp3) is 0. The minimum absolute atomic E-state index is 0.786. The van der Waals surface area contributed by atoms with Gasteiger partial charge in [-0.1, -0.05) is 158 Å². The van der Waals surface area contributed by atoms with E-state index >= 15 is 0 Å².